The fourth-order valence-corrected chi connectivity index (χ4v) is 9.43. The minimum atomic E-state index is 0.0681. The first-order chi connectivity index (χ1) is 29.5. The van der Waals surface area contributed by atoms with E-state index in [1.165, 1.54) is 135 Å². The predicted octanol–water partition coefficient (Wildman–Crippen LogP) is 8.17. The van der Waals surface area contributed by atoms with Crippen LogP contribution in [0.2, 0.25) is 0 Å². The lowest BCUT2D eigenvalue weighted by atomic mass is 10.0. The van der Waals surface area contributed by atoms with Gasteiger partial charge in [-0.05, 0) is 19.3 Å². The molecule has 3 atom stereocenters. The molecule has 1 aliphatic heterocycles. The first-order valence-corrected chi connectivity index (χ1v) is 26.2. The Morgan fingerprint density at radius 2 is 0.583 bits per heavy atom. The van der Waals surface area contributed by atoms with Crippen molar-refractivity contribution in [3.8, 4) is 0 Å². The zero-order valence-corrected chi connectivity index (χ0v) is 40.3. The predicted molar refractivity (Wildman–Crippen MR) is 256 cm³/mol. The van der Waals surface area contributed by atoms with Crippen molar-refractivity contribution in [2.45, 2.75) is 212 Å². The highest BCUT2D eigenvalue weighted by Crippen LogP contribution is 2.18. The molecule has 1 heterocycles. The van der Waals surface area contributed by atoms with Gasteiger partial charge in [0.1, 0.15) is 0 Å². The van der Waals surface area contributed by atoms with Gasteiger partial charge in [-0.25, -0.2) is 0 Å². The van der Waals surface area contributed by atoms with E-state index >= 15 is 0 Å². The zero-order chi connectivity index (χ0) is 43.7. The van der Waals surface area contributed by atoms with Crippen LogP contribution in [0.3, 0.4) is 0 Å². The second-order valence-electron chi connectivity index (χ2n) is 18.5. The maximum Gasteiger partial charge on any atom is 0.0586 e. The molecule has 1 saturated heterocycles. The summed E-state index contributed by atoms with van der Waals surface area (Å²) in [5.41, 5.74) is 0. The molecule has 0 aromatic heterocycles. The molecule has 0 aliphatic carbocycles. The number of piperazine rings is 1. The van der Waals surface area contributed by atoms with Crippen LogP contribution in [0.5, 0.6) is 0 Å². The summed E-state index contributed by atoms with van der Waals surface area (Å²) >= 11 is 0. The summed E-state index contributed by atoms with van der Waals surface area (Å²) in [6, 6.07) is 0.324. The van der Waals surface area contributed by atoms with E-state index in [9.17, 15) is 25.5 Å². The molecule has 1 fully saturated rings. The molecule has 60 heavy (non-hydrogen) atoms. The molecule has 0 amide bonds. The summed E-state index contributed by atoms with van der Waals surface area (Å²) in [4.78, 5) is 12.3. The molecule has 0 spiro atoms. The zero-order valence-electron chi connectivity index (χ0n) is 40.3. The van der Waals surface area contributed by atoms with Crippen LogP contribution in [0.25, 0.3) is 0 Å². The maximum absolute atomic E-state index is 10.7. The van der Waals surface area contributed by atoms with Crippen LogP contribution < -0.4 is 0 Å². The quantitative estimate of drug-likeness (QED) is 0.0384. The number of aliphatic hydroxyl groups excluding tert-OH is 5. The SMILES string of the molecule is CCCCCCCCCC[C@H](CO)N(CCO)CCN1CCN(CCN(CCN(CCO)[C@@H](CO)CCCCCCCCCC)[C@@H](CO)CCCCCCCCCC)CC1. The number of rotatable bonds is 46. The van der Waals surface area contributed by atoms with Crippen molar-refractivity contribution in [1.29, 1.82) is 0 Å². The average molecular weight is 856 g/mol. The lowest BCUT2D eigenvalue weighted by Crippen LogP contribution is -2.53. The van der Waals surface area contributed by atoms with Crippen LogP contribution in [0.4, 0.5) is 0 Å². The molecular weight excluding hydrogens is 751 g/mol. The first-order valence-electron chi connectivity index (χ1n) is 26.2. The number of hydrogen-bond donors (Lipinski definition) is 5. The highest BCUT2D eigenvalue weighted by atomic mass is 16.3. The van der Waals surface area contributed by atoms with Crippen LogP contribution in [0, 0.1) is 0 Å². The Morgan fingerprint density at radius 1 is 0.333 bits per heavy atom. The van der Waals surface area contributed by atoms with Gasteiger partial charge >= 0.3 is 0 Å². The standard InChI is InChI=1S/C50H105N5O5/c1-4-7-10-13-16-19-22-25-28-48(45-58)53(39-40-55(42-44-57)50(47-60)30-27-24-21-18-15-12-9-6-3)37-35-51-31-33-52(34-32-51)36-38-54(41-43-56)49(46-59)29-26-23-20-17-14-11-8-5-2/h48-50,56-60H,4-47H2,1-3H3/t48-,49-,50-/m1/s1. The molecule has 360 valence electrons. The van der Waals surface area contributed by atoms with E-state index in [0.717, 1.165) is 104 Å². The fraction of sp³-hybridized carbons (Fsp3) is 1.00. The molecule has 0 bridgehead atoms. The van der Waals surface area contributed by atoms with Gasteiger partial charge in [0.2, 0.25) is 0 Å². The van der Waals surface area contributed by atoms with Gasteiger partial charge in [0.05, 0.1) is 33.0 Å². The van der Waals surface area contributed by atoms with Gasteiger partial charge in [0.15, 0.2) is 0 Å². The van der Waals surface area contributed by atoms with Crippen molar-refractivity contribution in [3.63, 3.8) is 0 Å². The van der Waals surface area contributed by atoms with E-state index in [2.05, 4.69) is 45.3 Å². The van der Waals surface area contributed by atoms with E-state index in [1.807, 2.05) is 0 Å². The van der Waals surface area contributed by atoms with Crippen LogP contribution >= 0.6 is 0 Å². The van der Waals surface area contributed by atoms with Crippen molar-refractivity contribution < 1.29 is 25.5 Å². The Labute approximate surface area is 372 Å². The second-order valence-corrected chi connectivity index (χ2v) is 18.5. The Hall–Kier alpha value is -0.400. The lowest BCUT2D eigenvalue weighted by molar-refractivity contribution is 0.0493. The van der Waals surface area contributed by atoms with Crippen LogP contribution in [-0.4, -0.2) is 180 Å². The van der Waals surface area contributed by atoms with Gasteiger partial charge in [0, 0.05) is 96.7 Å². The monoisotopic (exact) mass is 856 g/mol. The van der Waals surface area contributed by atoms with E-state index in [-0.39, 0.29) is 51.2 Å². The second kappa shape index (κ2) is 42.5. The molecule has 0 aromatic rings. The minimum absolute atomic E-state index is 0.0681. The molecule has 0 unspecified atom stereocenters. The molecule has 1 aliphatic rings. The van der Waals surface area contributed by atoms with E-state index in [0.29, 0.717) is 13.1 Å². The normalized spacial score (nSPS) is 15.8. The Balaban J connectivity index is 2.73. The summed E-state index contributed by atoms with van der Waals surface area (Å²) in [6.45, 7) is 18.1. The lowest BCUT2D eigenvalue weighted by Gasteiger charge is -2.39. The van der Waals surface area contributed by atoms with Crippen molar-refractivity contribution in [3.05, 3.63) is 0 Å². The van der Waals surface area contributed by atoms with Crippen LogP contribution in [-0.2, 0) is 0 Å². The van der Waals surface area contributed by atoms with Gasteiger partial charge in [-0.15, -0.1) is 0 Å². The number of nitrogens with zero attached hydrogens (tertiary/aromatic N) is 5. The summed E-state index contributed by atoms with van der Waals surface area (Å²) in [7, 11) is 0. The largest absolute Gasteiger partial charge is 0.395 e. The molecule has 5 N–H and O–H groups in total. The summed E-state index contributed by atoms with van der Waals surface area (Å²) in [5.74, 6) is 0. The molecule has 1 rings (SSSR count). The van der Waals surface area contributed by atoms with Crippen molar-refractivity contribution in [1.82, 2.24) is 24.5 Å². The number of hydrogen-bond acceptors (Lipinski definition) is 10. The molecule has 0 radical (unpaired) electrons. The van der Waals surface area contributed by atoms with Crippen molar-refractivity contribution in [2.24, 2.45) is 0 Å². The number of aliphatic hydroxyl groups is 5. The van der Waals surface area contributed by atoms with Gasteiger partial charge in [-0.2, -0.15) is 0 Å². The van der Waals surface area contributed by atoms with Gasteiger partial charge < -0.3 is 25.5 Å². The smallest absolute Gasteiger partial charge is 0.0586 e. The number of unbranched alkanes of at least 4 members (excludes halogenated alkanes) is 21. The van der Waals surface area contributed by atoms with E-state index < -0.39 is 0 Å². The topological polar surface area (TPSA) is 117 Å². The summed E-state index contributed by atoms with van der Waals surface area (Å²) in [5, 5.41) is 51.4. The minimum Gasteiger partial charge on any atom is -0.395 e. The van der Waals surface area contributed by atoms with Crippen LogP contribution in [0.15, 0.2) is 0 Å². The molecule has 0 aromatic carbocycles. The molecular formula is C50H105N5O5. The Morgan fingerprint density at radius 3 is 0.850 bits per heavy atom. The van der Waals surface area contributed by atoms with Crippen molar-refractivity contribution >= 4 is 0 Å². The Kier molecular flexibility index (Phi) is 40.9. The van der Waals surface area contributed by atoms with E-state index in [4.69, 9.17) is 0 Å². The summed E-state index contributed by atoms with van der Waals surface area (Å²) in [6.07, 6.45) is 33.8. The highest BCUT2D eigenvalue weighted by Gasteiger charge is 2.25. The first kappa shape index (κ1) is 57.6. The van der Waals surface area contributed by atoms with Crippen LogP contribution in [0.1, 0.15) is 194 Å². The van der Waals surface area contributed by atoms with Gasteiger partial charge in [0.25, 0.3) is 0 Å². The average Bonchev–Trinajstić information content (AvgIpc) is 3.27. The highest BCUT2D eigenvalue weighted by molar-refractivity contribution is 4.81. The Bertz CT molecular complexity index is 869. The van der Waals surface area contributed by atoms with Gasteiger partial charge in [-0.3, -0.25) is 24.5 Å². The fourth-order valence-electron chi connectivity index (χ4n) is 9.43. The molecule has 10 nitrogen and oxygen atoms in total. The molecule has 10 heteroatoms. The third kappa shape index (κ3) is 29.9. The molecule has 0 saturated carbocycles. The van der Waals surface area contributed by atoms with Crippen molar-refractivity contribution in [2.75, 3.05) is 112 Å². The van der Waals surface area contributed by atoms with Gasteiger partial charge in [-0.1, -0.05) is 175 Å². The third-order valence-electron chi connectivity index (χ3n) is 13.7. The maximum atomic E-state index is 10.7. The summed E-state index contributed by atoms with van der Waals surface area (Å²) < 4.78 is 0. The van der Waals surface area contributed by atoms with E-state index in [1.54, 1.807) is 0 Å². The third-order valence-corrected chi connectivity index (χ3v) is 13.7.